The Morgan fingerprint density at radius 1 is 1.52 bits per heavy atom. The van der Waals surface area contributed by atoms with Gasteiger partial charge in [-0.05, 0) is 11.6 Å². The minimum absolute atomic E-state index is 0.173. The molecule has 1 N–H and O–H groups in total. The van der Waals surface area contributed by atoms with E-state index in [0.29, 0.717) is 6.54 Å². The third-order valence-corrected chi connectivity index (χ3v) is 4.60. The van der Waals surface area contributed by atoms with Crippen LogP contribution in [0.15, 0.2) is 35.4 Å². The second-order valence-electron chi connectivity index (χ2n) is 4.69. The first kappa shape index (κ1) is 13.6. The van der Waals surface area contributed by atoms with Crippen LogP contribution in [0, 0.1) is 10.1 Å². The average molecular weight is 305 g/mol. The Hall–Kier alpha value is -2.35. The number of benzene rings is 1. The smallest absolute Gasteiger partial charge is 0.363 e. The second-order valence-corrected chi connectivity index (χ2v) is 5.75. The highest BCUT2D eigenvalue weighted by Crippen LogP contribution is 2.40. The average Bonchev–Trinajstić information content (AvgIpc) is 3.04. The normalized spacial score (nSPS) is 16.7. The molecular weight excluding hydrogens is 294 g/mol. The van der Waals surface area contributed by atoms with Gasteiger partial charge in [0.1, 0.15) is 6.20 Å². The maximum atomic E-state index is 11.0. The van der Waals surface area contributed by atoms with Crippen LogP contribution in [0.25, 0.3) is 0 Å². The van der Waals surface area contributed by atoms with Crippen molar-refractivity contribution in [2.45, 2.75) is 17.4 Å². The molecule has 1 unspecified atom stereocenters. The van der Waals surface area contributed by atoms with Gasteiger partial charge in [0.05, 0.1) is 4.92 Å². The highest BCUT2D eigenvalue weighted by Gasteiger charge is 2.28. The molecule has 0 bridgehead atoms. The van der Waals surface area contributed by atoms with E-state index in [0.717, 1.165) is 5.75 Å². The number of aromatic nitrogens is 2. The Balaban J connectivity index is 1.88. The molecule has 2 aromatic rings. The van der Waals surface area contributed by atoms with Gasteiger partial charge in [0.2, 0.25) is 5.69 Å². The minimum Gasteiger partial charge on any atom is -0.476 e. The molecule has 0 amide bonds. The molecule has 2 heterocycles. The van der Waals surface area contributed by atoms with E-state index in [9.17, 15) is 14.9 Å². The zero-order valence-electron chi connectivity index (χ0n) is 10.8. The maximum absolute atomic E-state index is 11.0. The van der Waals surface area contributed by atoms with Crippen LogP contribution in [0.4, 0.5) is 5.69 Å². The van der Waals surface area contributed by atoms with Crippen molar-refractivity contribution >= 4 is 23.4 Å². The molecule has 8 heteroatoms. The van der Waals surface area contributed by atoms with Crippen molar-refractivity contribution in [2.75, 3.05) is 5.75 Å². The molecule has 3 rings (SSSR count). The predicted octanol–water partition coefficient (Wildman–Crippen LogP) is 2.38. The summed E-state index contributed by atoms with van der Waals surface area (Å²) in [5.74, 6) is -0.357. The molecule has 0 spiro atoms. The van der Waals surface area contributed by atoms with E-state index in [2.05, 4.69) is 5.10 Å². The molecule has 1 aromatic heterocycles. The fourth-order valence-corrected chi connectivity index (χ4v) is 3.64. The van der Waals surface area contributed by atoms with Gasteiger partial charge in [-0.2, -0.15) is 5.10 Å². The highest BCUT2D eigenvalue weighted by molar-refractivity contribution is 7.99. The summed E-state index contributed by atoms with van der Waals surface area (Å²) in [6, 6.07) is 7.98. The highest BCUT2D eigenvalue weighted by atomic mass is 32.2. The summed E-state index contributed by atoms with van der Waals surface area (Å²) in [5, 5.41) is 23.7. The van der Waals surface area contributed by atoms with Gasteiger partial charge in [0.25, 0.3) is 0 Å². The summed E-state index contributed by atoms with van der Waals surface area (Å²) in [4.78, 5) is 22.3. The van der Waals surface area contributed by atoms with Crippen LogP contribution >= 0.6 is 11.8 Å². The molecule has 7 nitrogen and oxygen atoms in total. The lowest BCUT2D eigenvalue weighted by Crippen LogP contribution is -2.10. The lowest BCUT2D eigenvalue weighted by molar-refractivity contribution is -0.385. The quantitative estimate of drug-likeness (QED) is 0.688. The number of thioether (sulfide) groups is 1. The van der Waals surface area contributed by atoms with Crippen molar-refractivity contribution < 1.29 is 14.8 Å². The van der Waals surface area contributed by atoms with E-state index in [1.807, 2.05) is 24.3 Å². The first-order valence-corrected chi connectivity index (χ1v) is 7.21. The van der Waals surface area contributed by atoms with Gasteiger partial charge in [-0.3, -0.25) is 14.8 Å². The van der Waals surface area contributed by atoms with E-state index in [1.54, 1.807) is 11.8 Å². The first-order chi connectivity index (χ1) is 10.1. The van der Waals surface area contributed by atoms with Crippen molar-refractivity contribution in [3.8, 4) is 0 Å². The molecule has 0 radical (unpaired) electrons. The number of aromatic carboxylic acids is 1. The second kappa shape index (κ2) is 5.21. The van der Waals surface area contributed by atoms with E-state index >= 15 is 0 Å². The number of nitro groups is 1. The summed E-state index contributed by atoms with van der Waals surface area (Å²) in [6.07, 6.45) is 1.19. The van der Waals surface area contributed by atoms with Crippen LogP contribution in [0.1, 0.15) is 22.0 Å². The summed E-state index contributed by atoms with van der Waals surface area (Å²) in [7, 11) is 0. The third kappa shape index (κ3) is 2.49. The Labute approximate surface area is 123 Å². The Morgan fingerprint density at radius 3 is 2.95 bits per heavy atom. The summed E-state index contributed by atoms with van der Waals surface area (Å²) >= 11 is 1.73. The van der Waals surface area contributed by atoms with Crippen molar-refractivity contribution in [1.82, 2.24) is 9.78 Å². The van der Waals surface area contributed by atoms with E-state index in [-0.39, 0.29) is 5.92 Å². The van der Waals surface area contributed by atoms with Crippen molar-refractivity contribution in [3.63, 3.8) is 0 Å². The van der Waals surface area contributed by atoms with Crippen LogP contribution in [0.2, 0.25) is 0 Å². The summed E-state index contributed by atoms with van der Waals surface area (Å²) in [5.41, 5.74) is 0.192. The van der Waals surface area contributed by atoms with E-state index < -0.39 is 22.3 Å². The Kier molecular flexibility index (Phi) is 3.38. The molecule has 0 saturated carbocycles. The van der Waals surface area contributed by atoms with Gasteiger partial charge in [0.15, 0.2) is 0 Å². The number of nitrogens with zero attached hydrogens (tertiary/aromatic N) is 3. The van der Waals surface area contributed by atoms with Gasteiger partial charge >= 0.3 is 11.7 Å². The predicted molar refractivity (Wildman–Crippen MR) is 75.7 cm³/mol. The lowest BCUT2D eigenvalue weighted by atomic mass is 10.0. The fourth-order valence-electron chi connectivity index (χ4n) is 2.40. The van der Waals surface area contributed by atoms with Crippen molar-refractivity contribution in [2.24, 2.45) is 0 Å². The lowest BCUT2D eigenvalue weighted by Gasteiger charge is -2.10. The molecule has 1 aliphatic rings. The topological polar surface area (TPSA) is 98.3 Å². The van der Waals surface area contributed by atoms with Gasteiger partial charge in [0, 0.05) is 23.1 Å². The number of carbonyl (C=O) groups is 1. The summed E-state index contributed by atoms with van der Waals surface area (Å²) < 4.78 is 1.36. The molecule has 1 aromatic carbocycles. The molecule has 108 valence electrons. The number of carboxylic acid groups (broad SMARTS) is 1. The standard InChI is InChI=1S/C13H11N3O4S/c17-13(18)12-10(16(19)20)6-15(14-12)5-8-7-21-11-4-2-1-3-9(8)11/h1-4,6,8H,5,7H2,(H,17,18). The fraction of sp³-hybridized carbons (Fsp3) is 0.231. The van der Waals surface area contributed by atoms with E-state index in [4.69, 9.17) is 5.11 Å². The molecule has 0 saturated heterocycles. The van der Waals surface area contributed by atoms with Gasteiger partial charge < -0.3 is 5.11 Å². The zero-order valence-corrected chi connectivity index (χ0v) is 11.6. The molecule has 0 aliphatic carbocycles. The molecule has 1 aliphatic heterocycles. The Morgan fingerprint density at radius 2 is 2.29 bits per heavy atom. The van der Waals surface area contributed by atoms with Crippen molar-refractivity contribution in [3.05, 3.63) is 51.8 Å². The van der Waals surface area contributed by atoms with Crippen LogP contribution in [0.3, 0.4) is 0 Å². The zero-order chi connectivity index (χ0) is 15.0. The SMILES string of the molecule is O=C(O)c1nn(CC2CSc3ccccc32)cc1[N+](=O)[O-]. The van der Waals surface area contributed by atoms with Crippen LogP contribution in [-0.2, 0) is 6.54 Å². The number of rotatable bonds is 4. The summed E-state index contributed by atoms with van der Waals surface area (Å²) in [6.45, 7) is 0.429. The van der Waals surface area contributed by atoms with Gasteiger partial charge in [-0.1, -0.05) is 18.2 Å². The number of hydrogen-bond acceptors (Lipinski definition) is 5. The van der Waals surface area contributed by atoms with Crippen LogP contribution < -0.4 is 0 Å². The molecular formula is C13H11N3O4S. The Bertz CT molecular complexity index is 696. The minimum atomic E-state index is -1.39. The maximum Gasteiger partial charge on any atom is 0.363 e. The number of fused-ring (bicyclic) bond motifs is 1. The van der Waals surface area contributed by atoms with Crippen LogP contribution in [0.5, 0.6) is 0 Å². The van der Waals surface area contributed by atoms with Crippen LogP contribution in [-0.4, -0.2) is 31.5 Å². The third-order valence-electron chi connectivity index (χ3n) is 3.35. The number of carboxylic acids is 1. The van der Waals surface area contributed by atoms with E-state index in [1.165, 1.54) is 21.3 Å². The molecule has 0 fully saturated rings. The van der Waals surface area contributed by atoms with Gasteiger partial charge in [-0.15, -0.1) is 11.8 Å². The molecule has 21 heavy (non-hydrogen) atoms. The largest absolute Gasteiger partial charge is 0.476 e. The van der Waals surface area contributed by atoms with Gasteiger partial charge in [-0.25, -0.2) is 4.79 Å². The first-order valence-electron chi connectivity index (χ1n) is 6.23. The molecule has 1 atom stereocenters. The monoisotopic (exact) mass is 305 g/mol. The number of hydrogen-bond donors (Lipinski definition) is 1. The van der Waals surface area contributed by atoms with Crippen molar-refractivity contribution in [1.29, 1.82) is 0 Å².